The Kier molecular flexibility index (Phi) is 6.14. The topological polar surface area (TPSA) is 85.6 Å². The normalized spacial score (nSPS) is 12.3. The van der Waals surface area contributed by atoms with Crippen molar-refractivity contribution in [1.29, 1.82) is 0 Å². The van der Waals surface area contributed by atoms with E-state index < -0.39 is 17.6 Å². The lowest BCUT2D eigenvalue weighted by atomic mass is 10.2. The highest BCUT2D eigenvalue weighted by Crippen LogP contribution is 2.30. The minimum Gasteiger partial charge on any atom is -0.497 e. The molecule has 0 unspecified atom stereocenters. The maximum Gasteiger partial charge on any atom is 0.416 e. The van der Waals surface area contributed by atoms with Crippen LogP contribution < -0.4 is 20.1 Å². The molecule has 0 bridgehead atoms. The van der Waals surface area contributed by atoms with Crippen LogP contribution in [0.25, 0.3) is 11.0 Å². The first-order valence-corrected chi connectivity index (χ1v) is 10.6. The predicted octanol–water partition coefficient (Wildman–Crippen LogP) is 3.30. The number of amides is 1. The summed E-state index contributed by atoms with van der Waals surface area (Å²) in [5, 5.41) is 10.4. The molecule has 1 N–H and O–H groups in total. The molecule has 7 nitrogen and oxygen atoms in total. The number of carbonyl (C=O) groups excluding carboxylic acids is 1. The molecule has 1 amide bonds. The summed E-state index contributed by atoms with van der Waals surface area (Å²) < 4.78 is 45.4. The van der Waals surface area contributed by atoms with Crippen molar-refractivity contribution >= 4 is 34.0 Å². The summed E-state index contributed by atoms with van der Waals surface area (Å²) in [5.41, 5.74) is -0.302. The Morgan fingerprint density at radius 1 is 1.18 bits per heavy atom. The van der Waals surface area contributed by atoms with Crippen LogP contribution in [-0.4, -0.2) is 27.6 Å². The third-order valence-electron chi connectivity index (χ3n) is 4.78. The lowest BCUT2D eigenvalue weighted by molar-refractivity contribution is -0.137. The molecule has 0 spiro atoms. The van der Waals surface area contributed by atoms with Gasteiger partial charge in [-0.15, -0.1) is 10.2 Å². The van der Waals surface area contributed by atoms with Crippen molar-refractivity contribution in [2.45, 2.75) is 19.0 Å². The molecule has 0 radical (unpaired) electrons. The number of alkyl halides is 3. The van der Waals surface area contributed by atoms with E-state index in [1.165, 1.54) is 27.9 Å². The molecule has 0 saturated carbocycles. The van der Waals surface area contributed by atoms with Crippen LogP contribution in [0, 0.1) is 0 Å². The number of thiazole rings is 1. The van der Waals surface area contributed by atoms with E-state index in [-0.39, 0.29) is 24.1 Å². The van der Waals surface area contributed by atoms with Crippen LogP contribution in [-0.2, 0) is 17.4 Å². The second-order valence-corrected chi connectivity index (χ2v) is 8.06. The monoisotopic (exact) mass is 474 g/mol. The summed E-state index contributed by atoms with van der Waals surface area (Å²) in [7, 11) is 1.57. The number of anilines is 1. The smallest absolute Gasteiger partial charge is 0.416 e. The summed E-state index contributed by atoms with van der Waals surface area (Å²) >= 11 is 1.17. The molecular weight excluding hydrogens is 457 g/mol. The first-order chi connectivity index (χ1) is 15.7. The summed E-state index contributed by atoms with van der Waals surface area (Å²) in [6.45, 7) is 0. The predicted molar refractivity (Wildman–Crippen MR) is 117 cm³/mol. The molecule has 2 aromatic carbocycles. The molecule has 33 heavy (non-hydrogen) atoms. The van der Waals surface area contributed by atoms with Gasteiger partial charge in [-0.25, -0.2) is 4.40 Å². The van der Waals surface area contributed by atoms with Gasteiger partial charge in [0.2, 0.25) is 10.9 Å². The molecule has 0 aliphatic rings. The highest BCUT2D eigenvalue weighted by atomic mass is 32.1. The Morgan fingerprint density at radius 2 is 1.94 bits per heavy atom. The van der Waals surface area contributed by atoms with E-state index in [4.69, 9.17) is 4.74 Å². The van der Waals surface area contributed by atoms with E-state index in [1.54, 1.807) is 25.3 Å². The first-order valence-electron chi connectivity index (χ1n) is 9.74. The van der Waals surface area contributed by atoms with Crippen LogP contribution in [0.15, 0.2) is 53.3 Å². The van der Waals surface area contributed by atoms with E-state index in [9.17, 15) is 22.8 Å². The molecule has 0 aliphatic heterocycles. The number of carbonyl (C=O) groups is 1. The summed E-state index contributed by atoms with van der Waals surface area (Å²) in [6, 6.07) is 11.6. The van der Waals surface area contributed by atoms with Crippen molar-refractivity contribution in [3.8, 4) is 5.75 Å². The molecular formula is C22H17F3N4O3S. The first kappa shape index (κ1) is 22.5. The van der Waals surface area contributed by atoms with Crippen LogP contribution in [0.1, 0.15) is 23.4 Å². The van der Waals surface area contributed by atoms with Gasteiger partial charge in [0.05, 0.1) is 17.2 Å². The Hall–Kier alpha value is -3.73. The van der Waals surface area contributed by atoms with Crippen molar-refractivity contribution in [1.82, 2.24) is 14.6 Å². The molecule has 11 heteroatoms. The van der Waals surface area contributed by atoms with Crippen molar-refractivity contribution in [2.75, 3.05) is 12.4 Å². The molecule has 0 aliphatic carbocycles. The van der Waals surface area contributed by atoms with Crippen LogP contribution >= 0.6 is 11.3 Å². The van der Waals surface area contributed by atoms with Gasteiger partial charge in [-0.05, 0) is 42.0 Å². The number of benzene rings is 2. The Morgan fingerprint density at radius 3 is 2.64 bits per heavy atom. The van der Waals surface area contributed by atoms with Crippen LogP contribution in [0.4, 0.5) is 18.9 Å². The van der Waals surface area contributed by atoms with Crippen molar-refractivity contribution < 1.29 is 22.7 Å². The number of halogens is 3. The number of aromatic nitrogens is 3. The zero-order chi connectivity index (χ0) is 23.6. The van der Waals surface area contributed by atoms with Gasteiger partial charge in [-0.3, -0.25) is 9.59 Å². The average Bonchev–Trinajstić information content (AvgIpc) is 3.32. The number of methoxy groups -OCH3 is 1. The average molecular weight is 474 g/mol. The largest absolute Gasteiger partial charge is 0.497 e. The third-order valence-corrected chi connectivity index (χ3v) is 5.74. The van der Waals surface area contributed by atoms with Crippen molar-refractivity contribution in [3.05, 3.63) is 80.4 Å². The maximum atomic E-state index is 12.8. The number of nitrogens with zero attached hydrogens (tertiary/aromatic N) is 3. The van der Waals surface area contributed by atoms with E-state index in [1.807, 2.05) is 12.1 Å². The number of rotatable bonds is 6. The van der Waals surface area contributed by atoms with Gasteiger partial charge in [0.15, 0.2) is 0 Å². The molecule has 0 fully saturated rings. The van der Waals surface area contributed by atoms with Gasteiger partial charge in [0.1, 0.15) is 11.6 Å². The summed E-state index contributed by atoms with van der Waals surface area (Å²) in [4.78, 5) is 25.5. The number of nitrogens with one attached hydrogen (secondary N) is 1. The zero-order valence-electron chi connectivity index (χ0n) is 17.2. The summed E-state index contributed by atoms with van der Waals surface area (Å²) in [5.74, 6) is 0.504. The highest BCUT2D eigenvalue weighted by molar-refractivity contribution is 7.15. The zero-order valence-corrected chi connectivity index (χ0v) is 18.0. The van der Waals surface area contributed by atoms with Crippen molar-refractivity contribution in [2.24, 2.45) is 0 Å². The van der Waals surface area contributed by atoms with E-state index in [2.05, 4.69) is 15.5 Å². The van der Waals surface area contributed by atoms with Gasteiger partial charge < -0.3 is 10.1 Å². The van der Waals surface area contributed by atoms with Crippen LogP contribution in [0.5, 0.6) is 5.75 Å². The summed E-state index contributed by atoms with van der Waals surface area (Å²) in [6.07, 6.45) is -2.76. The quantitative estimate of drug-likeness (QED) is 0.464. The Labute approximate surface area is 189 Å². The molecule has 4 rings (SSSR count). The molecule has 170 valence electrons. The number of aryl methyl sites for hydroxylation is 1. The minimum atomic E-state index is -4.50. The fourth-order valence-corrected chi connectivity index (χ4v) is 4.08. The fraction of sp³-hybridized carbons (Fsp3) is 0.182. The van der Waals surface area contributed by atoms with E-state index in [0.29, 0.717) is 21.1 Å². The second-order valence-electron chi connectivity index (χ2n) is 7.05. The Balaban J connectivity index is 1.49. The molecule has 2 heterocycles. The lowest BCUT2D eigenvalue weighted by Gasteiger charge is -2.09. The number of ether oxygens (including phenoxy) is 1. The van der Waals surface area contributed by atoms with Gasteiger partial charge in [0.25, 0.3) is 5.56 Å². The second kappa shape index (κ2) is 9.02. The Bertz CT molecular complexity index is 1410. The van der Waals surface area contributed by atoms with Gasteiger partial charge in [0, 0.05) is 18.5 Å². The number of fused-ring (bicyclic) bond motifs is 1. The van der Waals surface area contributed by atoms with Gasteiger partial charge >= 0.3 is 6.18 Å². The van der Waals surface area contributed by atoms with Crippen molar-refractivity contribution in [3.63, 3.8) is 0 Å². The molecule has 4 aromatic rings. The molecule has 2 aromatic heterocycles. The fourth-order valence-electron chi connectivity index (χ4n) is 3.15. The maximum absolute atomic E-state index is 12.8. The van der Waals surface area contributed by atoms with Crippen LogP contribution in [0.3, 0.4) is 0 Å². The molecule has 0 saturated heterocycles. The van der Waals surface area contributed by atoms with Crippen LogP contribution in [0.2, 0.25) is 0 Å². The number of hydrogen-bond acceptors (Lipinski definition) is 6. The highest BCUT2D eigenvalue weighted by Gasteiger charge is 2.30. The SMILES string of the molecule is COc1ccc(/C=c2\sc3nnc(CCC(=O)Nc4cccc(C(F)(F)F)c4)n3c2=O)cc1. The lowest BCUT2D eigenvalue weighted by Crippen LogP contribution is -2.24. The number of hydrogen-bond donors (Lipinski definition) is 1. The van der Waals surface area contributed by atoms with E-state index in [0.717, 1.165) is 17.7 Å². The standard InChI is InChI=1S/C22H17F3N4O3S/c1-32-16-7-5-13(6-8-16)11-17-20(31)29-18(27-28-21(29)33-17)9-10-19(30)26-15-4-2-3-14(12-15)22(23,24)25/h2-8,11-12H,9-10H2,1H3,(H,26,30)/b17-11-. The van der Waals surface area contributed by atoms with Gasteiger partial charge in [-0.1, -0.05) is 29.5 Å². The van der Waals surface area contributed by atoms with E-state index >= 15 is 0 Å². The minimum absolute atomic E-state index is 0.0395. The third kappa shape index (κ3) is 5.03. The molecule has 0 atom stereocenters. The van der Waals surface area contributed by atoms with Gasteiger partial charge in [-0.2, -0.15) is 13.2 Å².